The smallest absolute Gasteiger partial charge is 0.251 e. The lowest BCUT2D eigenvalue weighted by Crippen LogP contribution is -2.30. The molecule has 0 aliphatic heterocycles. The van der Waals surface area contributed by atoms with Gasteiger partial charge < -0.3 is 25.0 Å². The molecule has 0 saturated heterocycles. The summed E-state index contributed by atoms with van der Waals surface area (Å²) in [6.07, 6.45) is 1.72. The summed E-state index contributed by atoms with van der Waals surface area (Å²) >= 11 is 0. The number of nitrogens with one attached hydrogen (secondary N) is 2. The third-order valence-electron chi connectivity index (χ3n) is 4.71. The molecule has 0 bridgehead atoms. The molecule has 2 N–H and O–H groups in total. The molecule has 0 radical (unpaired) electrons. The molecule has 2 aromatic carbocycles. The van der Waals surface area contributed by atoms with Crippen LogP contribution in [0.3, 0.4) is 0 Å². The normalized spacial score (nSPS) is 10.5. The van der Waals surface area contributed by atoms with Crippen molar-refractivity contribution < 1.29 is 19.1 Å². The zero-order chi connectivity index (χ0) is 21.8. The van der Waals surface area contributed by atoms with Crippen molar-refractivity contribution in [3.05, 3.63) is 59.7 Å². The maximum Gasteiger partial charge on any atom is 0.251 e. The van der Waals surface area contributed by atoms with Crippen molar-refractivity contribution >= 4 is 11.8 Å². The summed E-state index contributed by atoms with van der Waals surface area (Å²) in [6.45, 7) is 2.97. The second-order valence-electron chi connectivity index (χ2n) is 6.98. The molecule has 2 rings (SSSR count). The molecular formula is C23H31N3O4. The number of amides is 2. The summed E-state index contributed by atoms with van der Waals surface area (Å²) in [6, 6.07) is 14.1. The minimum atomic E-state index is -0.0819. The second kappa shape index (κ2) is 12.5. The molecule has 0 atom stereocenters. The number of benzene rings is 2. The van der Waals surface area contributed by atoms with Gasteiger partial charge in [0.15, 0.2) is 0 Å². The molecule has 2 amide bonds. The SMILES string of the molecule is COc1ccc(C(=O)NCCCN(C)CCCNC(=O)c2ccc(OC)cc2)cc1. The van der Waals surface area contributed by atoms with Crippen LogP contribution in [0.25, 0.3) is 0 Å². The first-order chi connectivity index (χ1) is 14.5. The molecule has 0 unspecified atom stereocenters. The minimum Gasteiger partial charge on any atom is -0.497 e. The van der Waals surface area contributed by atoms with Gasteiger partial charge in [-0.05, 0) is 81.5 Å². The molecule has 0 fully saturated rings. The van der Waals surface area contributed by atoms with Gasteiger partial charge in [-0.2, -0.15) is 0 Å². The molecule has 0 heterocycles. The van der Waals surface area contributed by atoms with E-state index in [9.17, 15) is 9.59 Å². The molecule has 0 aliphatic rings. The van der Waals surface area contributed by atoms with E-state index in [2.05, 4.69) is 15.5 Å². The fourth-order valence-corrected chi connectivity index (χ4v) is 2.90. The highest BCUT2D eigenvalue weighted by atomic mass is 16.5. The highest BCUT2D eigenvalue weighted by Gasteiger charge is 2.07. The van der Waals surface area contributed by atoms with E-state index in [1.165, 1.54) is 0 Å². The quantitative estimate of drug-likeness (QED) is 0.523. The van der Waals surface area contributed by atoms with Crippen LogP contribution >= 0.6 is 0 Å². The van der Waals surface area contributed by atoms with Gasteiger partial charge in [-0.15, -0.1) is 0 Å². The molecule has 0 aliphatic carbocycles. The standard InChI is InChI=1S/C23H31N3O4/c1-26(16-4-14-24-22(27)18-6-10-20(29-2)11-7-18)17-5-15-25-23(28)19-8-12-21(30-3)13-9-19/h6-13H,4-5,14-17H2,1-3H3,(H,24,27)(H,25,28). The zero-order valence-corrected chi connectivity index (χ0v) is 17.9. The maximum atomic E-state index is 12.1. The largest absolute Gasteiger partial charge is 0.497 e. The van der Waals surface area contributed by atoms with E-state index in [1.807, 2.05) is 7.05 Å². The first kappa shape index (κ1) is 23.2. The van der Waals surface area contributed by atoms with E-state index in [0.29, 0.717) is 24.2 Å². The second-order valence-corrected chi connectivity index (χ2v) is 6.98. The van der Waals surface area contributed by atoms with Crippen LogP contribution in [0.4, 0.5) is 0 Å². The van der Waals surface area contributed by atoms with Gasteiger partial charge in [-0.1, -0.05) is 0 Å². The lowest BCUT2D eigenvalue weighted by atomic mass is 10.2. The Morgan fingerprint density at radius 2 is 1.10 bits per heavy atom. The van der Waals surface area contributed by atoms with Gasteiger partial charge in [0.1, 0.15) is 11.5 Å². The van der Waals surface area contributed by atoms with Crippen molar-refractivity contribution in [1.29, 1.82) is 0 Å². The predicted octanol–water partition coefficient (Wildman–Crippen LogP) is 2.58. The van der Waals surface area contributed by atoms with Gasteiger partial charge >= 0.3 is 0 Å². The van der Waals surface area contributed by atoms with Gasteiger partial charge in [-0.25, -0.2) is 0 Å². The Balaban J connectivity index is 1.55. The molecule has 0 saturated carbocycles. The van der Waals surface area contributed by atoms with Crippen LogP contribution in [0.2, 0.25) is 0 Å². The fourth-order valence-electron chi connectivity index (χ4n) is 2.90. The van der Waals surface area contributed by atoms with Gasteiger partial charge in [0.25, 0.3) is 11.8 Å². The number of ether oxygens (including phenoxy) is 2. The zero-order valence-electron chi connectivity index (χ0n) is 17.9. The summed E-state index contributed by atoms with van der Waals surface area (Å²) in [4.78, 5) is 26.4. The van der Waals surface area contributed by atoms with E-state index in [1.54, 1.807) is 62.8 Å². The molecule has 2 aromatic rings. The van der Waals surface area contributed by atoms with Crippen molar-refractivity contribution in [1.82, 2.24) is 15.5 Å². The molecule has 30 heavy (non-hydrogen) atoms. The number of hydrogen-bond donors (Lipinski definition) is 2. The number of hydrogen-bond acceptors (Lipinski definition) is 5. The summed E-state index contributed by atoms with van der Waals surface area (Å²) in [5, 5.41) is 5.86. The highest BCUT2D eigenvalue weighted by molar-refractivity contribution is 5.94. The third kappa shape index (κ3) is 7.75. The van der Waals surface area contributed by atoms with Crippen LogP contribution in [-0.2, 0) is 0 Å². The van der Waals surface area contributed by atoms with Crippen LogP contribution in [0.15, 0.2) is 48.5 Å². The van der Waals surface area contributed by atoms with Crippen molar-refractivity contribution in [2.24, 2.45) is 0 Å². The van der Waals surface area contributed by atoms with Gasteiger partial charge in [-0.3, -0.25) is 9.59 Å². The number of nitrogens with zero attached hydrogens (tertiary/aromatic N) is 1. The van der Waals surface area contributed by atoms with Gasteiger partial charge in [0.2, 0.25) is 0 Å². The minimum absolute atomic E-state index is 0.0819. The van der Waals surface area contributed by atoms with Crippen molar-refractivity contribution in [3.63, 3.8) is 0 Å². The van der Waals surface area contributed by atoms with Crippen LogP contribution in [0, 0.1) is 0 Å². The lowest BCUT2D eigenvalue weighted by Gasteiger charge is -2.17. The molecule has 7 nitrogen and oxygen atoms in total. The monoisotopic (exact) mass is 413 g/mol. The summed E-state index contributed by atoms with van der Waals surface area (Å²) in [5.41, 5.74) is 1.24. The van der Waals surface area contributed by atoms with E-state index < -0.39 is 0 Å². The Hall–Kier alpha value is -3.06. The molecule has 7 heteroatoms. The summed E-state index contributed by atoms with van der Waals surface area (Å²) in [5.74, 6) is 1.30. The maximum absolute atomic E-state index is 12.1. The molecular weight excluding hydrogens is 382 g/mol. The summed E-state index contributed by atoms with van der Waals surface area (Å²) < 4.78 is 10.2. The third-order valence-corrected chi connectivity index (χ3v) is 4.71. The van der Waals surface area contributed by atoms with E-state index in [0.717, 1.165) is 37.4 Å². The highest BCUT2D eigenvalue weighted by Crippen LogP contribution is 2.12. The Morgan fingerprint density at radius 3 is 1.43 bits per heavy atom. The van der Waals surface area contributed by atoms with Crippen molar-refractivity contribution in [3.8, 4) is 11.5 Å². The van der Waals surface area contributed by atoms with Crippen LogP contribution in [0.5, 0.6) is 11.5 Å². The average molecular weight is 414 g/mol. The van der Waals surface area contributed by atoms with Gasteiger partial charge in [0.05, 0.1) is 14.2 Å². The van der Waals surface area contributed by atoms with Crippen molar-refractivity contribution in [2.75, 3.05) is 47.4 Å². The number of carbonyl (C=O) groups is 2. The number of carbonyl (C=O) groups excluding carboxylic acids is 2. The predicted molar refractivity (Wildman–Crippen MR) is 117 cm³/mol. The lowest BCUT2D eigenvalue weighted by molar-refractivity contribution is 0.0945. The van der Waals surface area contributed by atoms with Crippen LogP contribution < -0.4 is 20.1 Å². The van der Waals surface area contributed by atoms with Crippen molar-refractivity contribution in [2.45, 2.75) is 12.8 Å². The first-order valence-corrected chi connectivity index (χ1v) is 10.1. The first-order valence-electron chi connectivity index (χ1n) is 10.1. The Labute approximate surface area is 178 Å². The van der Waals surface area contributed by atoms with Gasteiger partial charge in [0, 0.05) is 24.2 Å². The Kier molecular flexibility index (Phi) is 9.67. The summed E-state index contributed by atoms with van der Waals surface area (Å²) in [7, 11) is 5.23. The van der Waals surface area contributed by atoms with E-state index in [-0.39, 0.29) is 11.8 Å². The topological polar surface area (TPSA) is 79.9 Å². The van der Waals surface area contributed by atoms with Crippen LogP contribution in [-0.4, -0.2) is 64.2 Å². The molecule has 0 aromatic heterocycles. The number of methoxy groups -OCH3 is 2. The van der Waals surface area contributed by atoms with Crippen LogP contribution in [0.1, 0.15) is 33.6 Å². The number of rotatable bonds is 12. The molecule has 162 valence electrons. The van der Waals surface area contributed by atoms with E-state index in [4.69, 9.17) is 9.47 Å². The fraction of sp³-hybridized carbons (Fsp3) is 0.391. The van der Waals surface area contributed by atoms with E-state index >= 15 is 0 Å². The average Bonchev–Trinajstić information content (AvgIpc) is 2.79. The Bertz CT molecular complexity index is 724. The Morgan fingerprint density at radius 1 is 0.733 bits per heavy atom. The molecule has 0 spiro atoms.